The van der Waals surface area contributed by atoms with Crippen LogP contribution in [-0.2, 0) is 16.1 Å². The van der Waals surface area contributed by atoms with Crippen LogP contribution in [0, 0.1) is 11.8 Å². The van der Waals surface area contributed by atoms with Crippen molar-refractivity contribution in [1.29, 1.82) is 0 Å². The lowest BCUT2D eigenvalue weighted by molar-refractivity contribution is -0.126. The van der Waals surface area contributed by atoms with Gasteiger partial charge in [-0.15, -0.1) is 0 Å². The number of rotatable bonds is 8. The van der Waals surface area contributed by atoms with Gasteiger partial charge in [-0.1, -0.05) is 26.0 Å². The third kappa shape index (κ3) is 8.03. The smallest absolute Gasteiger partial charge is 0.410 e. The number of hydrogen-bond acceptors (Lipinski definition) is 5. The van der Waals surface area contributed by atoms with Crippen LogP contribution in [-0.4, -0.2) is 73.1 Å². The molecule has 0 spiro atoms. The van der Waals surface area contributed by atoms with Crippen LogP contribution in [0.3, 0.4) is 0 Å². The summed E-state index contributed by atoms with van der Waals surface area (Å²) >= 11 is 0. The Morgan fingerprint density at radius 3 is 2.30 bits per heavy atom. The molecule has 0 aliphatic carbocycles. The highest BCUT2D eigenvalue weighted by Gasteiger charge is 2.43. The fraction of sp³-hybridized carbons (Fsp3) is 0.640. The molecule has 0 bridgehead atoms. The highest BCUT2D eigenvalue weighted by Crippen LogP contribution is 2.31. The van der Waals surface area contributed by atoms with Crippen molar-refractivity contribution in [3.8, 4) is 0 Å². The van der Waals surface area contributed by atoms with E-state index in [2.05, 4.69) is 10.6 Å². The van der Waals surface area contributed by atoms with Gasteiger partial charge in [-0.2, -0.15) is 0 Å². The molecule has 1 aliphatic rings. The van der Waals surface area contributed by atoms with Crippen molar-refractivity contribution in [3.05, 3.63) is 35.4 Å². The predicted molar refractivity (Wildman–Crippen MR) is 129 cm³/mol. The Morgan fingerprint density at radius 1 is 1.12 bits per heavy atom. The summed E-state index contributed by atoms with van der Waals surface area (Å²) in [5.74, 6) is -0.328. The number of likely N-dealkylation sites (tertiary alicyclic amines) is 1. The maximum absolute atomic E-state index is 13.0. The summed E-state index contributed by atoms with van der Waals surface area (Å²) < 4.78 is 5.55. The molecule has 1 saturated heterocycles. The number of nitrogens with one attached hydrogen (secondary N) is 2. The largest absolute Gasteiger partial charge is 0.444 e. The molecule has 1 aromatic carbocycles. The number of hydrogen-bond donors (Lipinski definition) is 2. The molecular weight excluding hydrogens is 420 g/mol. The van der Waals surface area contributed by atoms with Crippen LogP contribution in [0.1, 0.15) is 57.0 Å². The van der Waals surface area contributed by atoms with Crippen LogP contribution in [0.2, 0.25) is 0 Å². The molecule has 33 heavy (non-hydrogen) atoms. The Balaban J connectivity index is 1.92. The van der Waals surface area contributed by atoms with Crippen LogP contribution in [0.4, 0.5) is 4.79 Å². The molecule has 2 N–H and O–H groups in total. The SMILES string of the molecule is CC(C)C1C(C(=O)NCc2ccc(C(=O)NCCN(C)C)cc2)CCN1C(=O)OC(C)(C)C. The van der Waals surface area contributed by atoms with Crippen molar-refractivity contribution >= 4 is 17.9 Å². The van der Waals surface area contributed by atoms with Gasteiger partial charge in [0.25, 0.3) is 5.91 Å². The van der Waals surface area contributed by atoms with Gasteiger partial charge >= 0.3 is 6.09 Å². The van der Waals surface area contributed by atoms with Gasteiger partial charge in [0.1, 0.15) is 5.60 Å². The van der Waals surface area contributed by atoms with Gasteiger partial charge in [-0.05, 0) is 64.9 Å². The molecule has 8 nitrogen and oxygen atoms in total. The average molecular weight is 461 g/mol. The molecular formula is C25H40N4O4. The summed E-state index contributed by atoms with van der Waals surface area (Å²) in [4.78, 5) is 41.5. The van der Waals surface area contributed by atoms with E-state index in [-0.39, 0.29) is 35.8 Å². The molecule has 1 aliphatic heterocycles. The summed E-state index contributed by atoms with van der Waals surface area (Å²) in [6.07, 6.45) is 0.246. The Bertz CT molecular complexity index is 815. The second kappa shape index (κ2) is 11.5. The Kier molecular flexibility index (Phi) is 9.28. The number of carbonyl (C=O) groups is 3. The van der Waals surface area contributed by atoms with E-state index >= 15 is 0 Å². The van der Waals surface area contributed by atoms with Crippen molar-refractivity contribution in [2.24, 2.45) is 11.8 Å². The normalized spacial score (nSPS) is 18.5. The first-order valence-corrected chi connectivity index (χ1v) is 11.7. The minimum Gasteiger partial charge on any atom is -0.444 e. The van der Waals surface area contributed by atoms with Gasteiger partial charge in [-0.3, -0.25) is 9.59 Å². The van der Waals surface area contributed by atoms with Gasteiger partial charge in [0.2, 0.25) is 5.91 Å². The maximum Gasteiger partial charge on any atom is 0.410 e. The zero-order valence-corrected chi connectivity index (χ0v) is 21.1. The van der Waals surface area contributed by atoms with Gasteiger partial charge in [0.15, 0.2) is 0 Å². The van der Waals surface area contributed by atoms with Crippen molar-refractivity contribution < 1.29 is 19.1 Å². The first kappa shape index (κ1) is 26.6. The Morgan fingerprint density at radius 2 is 1.76 bits per heavy atom. The van der Waals surface area contributed by atoms with Gasteiger partial charge in [0, 0.05) is 37.8 Å². The van der Waals surface area contributed by atoms with E-state index in [1.807, 2.05) is 65.7 Å². The molecule has 0 aromatic heterocycles. The van der Waals surface area contributed by atoms with Crippen molar-refractivity contribution in [2.45, 2.75) is 59.2 Å². The number of carbonyl (C=O) groups excluding carboxylic acids is 3. The lowest BCUT2D eigenvalue weighted by Gasteiger charge is -2.32. The fourth-order valence-corrected chi connectivity index (χ4v) is 4.05. The summed E-state index contributed by atoms with van der Waals surface area (Å²) in [7, 11) is 3.92. The van der Waals surface area contributed by atoms with Crippen molar-refractivity contribution in [1.82, 2.24) is 20.4 Å². The Hall–Kier alpha value is -2.61. The lowest BCUT2D eigenvalue weighted by atomic mass is 9.90. The number of amides is 3. The van der Waals surface area contributed by atoms with E-state index in [0.717, 1.165) is 12.1 Å². The second-order valence-corrected chi connectivity index (χ2v) is 10.3. The molecule has 1 fully saturated rings. The molecule has 2 atom stereocenters. The quantitative estimate of drug-likeness (QED) is 0.623. The summed E-state index contributed by atoms with van der Waals surface area (Å²) in [5.41, 5.74) is 0.928. The van der Waals surface area contributed by atoms with E-state index in [0.29, 0.717) is 31.6 Å². The predicted octanol–water partition coefficient (Wildman–Crippen LogP) is 2.88. The number of likely N-dealkylation sites (N-methyl/N-ethyl adjacent to an activating group) is 1. The third-order valence-electron chi connectivity index (χ3n) is 5.63. The monoisotopic (exact) mass is 460 g/mol. The summed E-state index contributed by atoms with van der Waals surface area (Å²) in [5, 5.41) is 5.89. The highest BCUT2D eigenvalue weighted by atomic mass is 16.6. The first-order chi connectivity index (χ1) is 15.4. The van der Waals surface area contributed by atoms with E-state index in [4.69, 9.17) is 4.74 Å². The minimum absolute atomic E-state index is 0.0646. The molecule has 0 saturated carbocycles. The molecule has 2 rings (SSSR count). The van der Waals surface area contributed by atoms with E-state index in [9.17, 15) is 14.4 Å². The number of nitrogens with zero attached hydrogens (tertiary/aromatic N) is 2. The molecule has 1 aromatic rings. The fourth-order valence-electron chi connectivity index (χ4n) is 4.05. The van der Waals surface area contributed by atoms with E-state index in [1.54, 1.807) is 17.0 Å². The van der Waals surface area contributed by atoms with Gasteiger partial charge < -0.3 is 25.2 Å². The average Bonchev–Trinajstić information content (AvgIpc) is 3.16. The Labute approximate surface area is 198 Å². The topological polar surface area (TPSA) is 91.0 Å². The van der Waals surface area contributed by atoms with Crippen LogP contribution in [0.15, 0.2) is 24.3 Å². The molecule has 3 amide bonds. The highest BCUT2D eigenvalue weighted by molar-refractivity contribution is 5.94. The zero-order chi connectivity index (χ0) is 24.8. The zero-order valence-electron chi connectivity index (χ0n) is 21.1. The van der Waals surface area contributed by atoms with E-state index < -0.39 is 5.60 Å². The van der Waals surface area contributed by atoms with Gasteiger partial charge in [0.05, 0.1) is 5.92 Å². The molecule has 1 heterocycles. The number of ether oxygens (including phenoxy) is 1. The number of benzene rings is 1. The maximum atomic E-state index is 13.0. The minimum atomic E-state index is -0.575. The molecule has 8 heteroatoms. The molecule has 2 unspecified atom stereocenters. The standard InChI is InChI=1S/C25H40N4O4/c1-17(2)21-20(12-14-29(21)24(32)33-25(3,4)5)23(31)27-16-18-8-10-19(11-9-18)22(30)26-13-15-28(6)7/h8-11,17,20-21H,12-16H2,1-7H3,(H,26,30)(H,27,31). The third-order valence-corrected chi connectivity index (χ3v) is 5.63. The molecule has 184 valence electrons. The second-order valence-electron chi connectivity index (χ2n) is 10.3. The molecule has 0 radical (unpaired) electrons. The van der Waals surface area contributed by atoms with E-state index in [1.165, 1.54) is 0 Å². The van der Waals surface area contributed by atoms with Crippen molar-refractivity contribution in [3.63, 3.8) is 0 Å². The van der Waals surface area contributed by atoms with Gasteiger partial charge in [-0.25, -0.2) is 4.79 Å². The lowest BCUT2D eigenvalue weighted by Crippen LogP contribution is -2.47. The summed E-state index contributed by atoms with van der Waals surface area (Å²) in [6.45, 7) is 11.8. The van der Waals surface area contributed by atoms with Crippen LogP contribution in [0.25, 0.3) is 0 Å². The first-order valence-electron chi connectivity index (χ1n) is 11.7. The van der Waals surface area contributed by atoms with Crippen LogP contribution < -0.4 is 10.6 Å². The van der Waals surface area contributed by atoms with Crippen LogP contribution >= 0.6 is 0 Å². The van der Waals surface area contributed by atoms with Crippen molar-refractivity contribution in [2.75, 3.05) is 33.7 Å². The van der Waals surface area contributed by atoms with Crippen LogP contribution in [0.5, 0.6) is 0 Å². The summed E-state index contributed by atoms with van der Waals surface area (Å²) in [6, 6.07) is 7.03.